The van der Waals surface area contributed by atoms with E-state index in [9.17, 15) is 4.21 Å². The molecule has 1 fully saturated rings. The summed E-state index contributed by atoms with van der Waals surface area (Å²) < 4.78 is 14.2. The summed E-state index contributed by atoms with van der Waals surface area (Å²) in [5, 5.41) is 12.0. The predicted octanol–water partition coefficient (Wildman–Crippen LogP) is 3.85. The molecule has 0 aliphatic heterocycles. The fourth-order valence-electron chi connectivity index (χ4n) is 4.06. The van der Waals surface area contributed by atoms with Crippen molar-refractivity contribution in [2.75, 3.05) is 12.8 Å². The van der Waals surface area contributed by atoms with Crippen LogP contribution in [0.3, 0.4) is 0 Å². The third-order valence-electron chi connectivity index (χ3n) is 5.72. The summed E-state index contributed by atoms with van der Waals surface area (Å²) in [6, 6.07) is 10.5. The van der Waals surface area contributed by atoms with Crippen LogP contribution in [0.4, 0.5) is 0 Å². The van der Waals surface area contributed by atoms with Gasteiger partial charge in [0.25, 0.3) is 0 Å². The summed E-state index contributed by atoms with van der Waals surface area (Å²) in [5.74, 6) is 1.54. The van der Waals surface area contributed by atoms with Crippen LogP contribution >= 0.6 is 24.0 Å². The van der Waals surface area contributed by atoms with Gasteiger partial charge in [0.1, 0.15) is 0 Å². The highest BCUT2D eigenvalue weighted by atomic mass is 127. The smallest absolute Gasteiger partial charge is 0.191 e. The molecule has 1 aliphatic carbocycles. The number of hydrogen-bond donors (Lipinski definition) is 2. The number of rotatable bonds is 6. The van der Waals surface area contributed by atoms with Gasteiger partial charge < -0.3 is 10.6 Å². The Hall–Kier alpha value is -1.42. The number of aryl methyl sites for hydroxylation is 1. The van der Waals surface area contributed by atoms with Crippen LogP contribution in [-0.2, 0) is 17.3 Å². The van der Waals surface area contributed by atoms with E-state index in [1.807, 2.05) is 36.7 Å². The van der Waals surface area contributed by atoms with Gasteiger partial charge in [-0.1, -0.05) is 31.5 Å². The lowest BCUT2D eigenvalue weighted by molar-refractivity contribution is 0.413. The van der Waals surface area contributed by atoms with Gasteiger partial charge in [-0.05, 0) is 45.2 Å². The number of benzene rings is 1. The third kappa shape index (κ3) is 6.06. The molecule has 1 saturated carbocycles. The molecule has 1 aliphatic rings. The van der Waals surface area contributed by atoms with Crippen molar-refractivity contribution in [3.05, 3.63) is 47.3 Å². The molecular weight excluding hydrogens is 509 g/mol. The van der Waals surface area contributed by atoms with Crippen LogP contribution in [0.2, 0.25) is 0 Å². The molecule has 3 rings (SSSR count). The molecular formula is C22H34IN5OS. The average Bonchev–Trinajstić information content (AvgIpc) is 3.04. The first-order chi connectivity index (χ1) is 14.0. The molecule has 0 bridgehead atoms. The van der Waals surface area contributed by atoms with Crippen molar-refractivity contribution in [2.24, 2.45) is 4.99 Å². The van der Waals surface area contributed by atoms with Crippen LogP contribution in [0.15, 0.2) is 35.3 Å². The minimum absolute atomic E-state index is 0. The maximum absolute atomic E-state index is 12.2. The van der Waals surface area contributed by atoms with Crippen molar-refractivity contribution in [3.8, 4) is 5.69 Å². The monoisotopic (exact) mass is 543 g/mol. The molecule has 1 heterocycles. The van der Waals surface area contributed by atoms with E-state index in [2.05, 4.69) is 34.7 Å². The molecule has 2 aromatic rings. The van der Waals surface area contributed by atoms with E-state index in [-0.39, 0.29) is 24.0 Å². The SMILES string of the molecule is CCS(=O)C1CCCC(NC(=NC)NCc2c(C)nn(-c3ccccc3)c2C)C1.I. The number of guanidine groups is 1. The lowest BCUT2D eigenvalue weighted by Crippen LogP contribution is -2.46. The molecule has 2 N–H and O–H groups in total. The van der Waals surface area contributed by atoms with Crippen LogP contribution in [0.1, 0.15) is 49.6 Å². The van der Waals surface area contributed by atoms with Gasteiger partial charge in [-0.15, -0.1) is 24.0 Å². The lowest BCUT2D eigenvalue weighted by Gasteiger charge is -2.30. The number of nitrogens with zero attached hydrogens (tertiary/aromatic N) is 3. The zero-order valence-electron chi connectivity index (χ0n) is 18.4. The first kappa shape index (κ1) is 24.8. The van der Waals surface area contributed by atoms with Crippen molar-refractivity contribution in [1.29, 1.82) is 0 Å². The van der Waals surface area contributed by atoms with Crippen molar-refractivity contribution in [2.45, 2.75) is 64.3 Å². The largest absolute Gasteiger partial charge is 0.354 e. The molecule has 0 spiro atoms. The summed E-state index contributed by atoms with van der Waals surface area (Å²) >= 11 is 0. The van der Waals surface area contributed by atoms with Crippen molar-refractivity contribution in [3.63, 3.8) is 0 Å². The molecule has 0 radical (unpaired) electrons. The van der Waals surface area contributed by atoms with Gasteiger partial charge in [0, 0.05) is 52.7 Å². The predicted molar refractivity (Wildman–Crippen MR) is 137 cm³/mol. The van der Waals surface area contributed by atoms with Crippen LogP contribution in [0, 0.1) is 13.8 Å². The fourth-order valence-corrected chi connectivity index (χ4v) is 5.41. The first-order valence-electron chi connectivity index (χ1n) is 10.5. The Morgan fingerprint density at radius 2 is 2.00 bits per heavy atom. The molecule has 1 aromatic carbocycles. The van der Waals surface area contributed by atoms with E-state index in [4.69, 9.17) is 5.10 Å². The second kappa shape index (κ2) is 11.8. The summed E-state index contributed by atoms with van der Waals surface area (Å²) in [5.41, 5.74) is 4.41. The Kier molecular flexibility index (Phi) is 9.80. The van der Waals surface area contributed by atoms with E-state index in [0.717, 1.165) is 54.5 Å². The molecule has 1 aromatic heterocycles. The number of aromatic nitrogens is 2. The Morgan fingerprint density at radius 1 is 1.27 bits per heavy atom. The number of nitrogens with one attached hydrogen (secondary N) is 2. The Balaban J connectivity index is 0.00000320. The first-order valence-corrected chi connectivity index (χ1v) is 11.9. The Labute approximate surface area is 199 Å². The highest BCUT2D eigenvalue weighted by Crippen LogP contribution is 2.23. The summed E-state index contributed by atoms with van der Waals surface area (Å²) in [4.78, 5) is 4.40. The van der Waals surface area contributed by atoms with Gasteiger partial charge in [0.15, 0.2) is 5.96 Å². The quantitative estimate of drug-likeness (QED) is 0.330. The summed E-state index contributed by atoms with van der Waals surface area (Å²) in [7, 11) is 1.08. The molecule has 0 amide bonds. The minimum Gasteiger partial charge on any atom is -0.354 e. The van der Waals surface area contributed by atoms with E-state index in [0.29, 0.717) is 17.8 Å². The second-order valence-corrected chi connectivity index (χ2v) is 9.63. The molecule has 3 unspecified atom stereocenters. The van der Waals surface area contributed by atoms with Gasteiger partial charge in [-0.3, -0.25) is 9.20 Å². The normalized spacial score (nSPS) is 20.3. The van der Waals surface area contributed by atoms with Crippen LogP contribution < -0.4 is 10.6 Å². The van der Waals surface area contributed by atoms with Crippen molar-refractivity contribution in [1.82, 2.24) is 20.4 Å². The lowest BCUT2D eigenvalue weighted by atomic mass is 9.95. The minimum atomic E-state index is -0.717. The molecule has 3 atom stereocenters. The third-order valence-corrected chi connectivity index (χ3v) is 7.46. The van der Waals surface area contributed by atoms with Gasteiger partial charge in [-0.25, -0.2) is 4.68 Å². The maximum atomic E-state index is 12.2. The van der Waals surface area contributed by atoms with Crippen LogP contribution in [0.5, 0.6) is 0 Å². The van der Waals surface area contributed by atoms with E-state index >= 15 is 0 Å². The standard InChI is InChI=1S/C22H33N5OS.HI/c1-5-29(28)20-13-9-10-18(14-20)25-22(23-4)24-15-21-16(2)26-27(17(21)3)19-11-7-6-8-12-19;/h6-8,11-12,18,20H,5,9-10,13-15H2,1-4H3,(H2,23,24,25);1H. The summed E-state index contributed by atoms with van der Waals surface area (Å²) in [6.45, 7) is 6.83. The van der Waals surface area contributed by atoms with E-state index in [1.165, 1.54) is 5.56 Å². The highest BCUT2D eigenvalue weighted by molar-refractivity contribution is 14.0. The second-order valence-electron chi connectivity index (χ2n) is 7.62. The molecule has 30 heavy (non-hydrogen) atoms. The zero-order valence-corrected chi connectivity index (χ0v) is 21.5. The number of halogens is 1. The number of hydrogen-bond acceptors (Lipinski definition) is 3. The van der Waals surface area contributed by atoms with Gasteiger partial charge in [-0.2, -0.15) is 5.10 Å². The van der Waals surface area contributed by atoms with Gasteiger partial charge in [0.05, 0.1) is 11.4 Å². The maximum Gasteiger partial charge on any atom is 0.191 e. The van der Waals surface area contributed by atoms with E-state index < -0.39 is 10.8 Å². The number of aliphatic imine (C=N–C) groups is 1. The molecule has 6 nitrogen and oxygen atoms in total. The van der Waals surface area contributed by atoms with Crippen LogP contribution in [-0.4, -0.2) is 44.0 Å². The van der Waals surface area contributed by atoms with Crippen molar-refractivity contribution >= 4 is 40.7 Å². The van der Waals surface area contributed by atoms with Gasteiger partial charge in [0.2, 0.25) is 0 Å². The van der Waals surface area contributed by atoms with E-state index in [1.54, 1.807) is 7.05 Å². The highest BCUT2D eigenvalue weighted by Gasteiger charge is 2.26. The Bertz CT molecular complexity index is 868. The van der Waals surface area contributed by atoms with Crippen LogP contribution in [0.25, 0.3) is 5.69 Å². The molecule has 8 heteroatoms. The topological polar surface area (TPSA) is 71.3 Å². The Morgan fingerprint density at radius 3 is 2.67 bits per heavy atom. The number of para-hydroxylation sites is 1. The fraction of sp³-hybridized carbons (Fsp3) is 0.545. The molecule has 166 valence electrons. The summed E-state index contributed by atoms with van der Waals surface area (Å²) in [6.07, 6.45) is 4.24. The van der Waals surface area contributed by atoms with Gasteiger partial charge >= 0.3 is 0 Å². The van der Waals surface area contributed by atoms with Crippen molar-refractivity contribution < 1.29 is 4.21 Å². The molecule has 0 saturated heterocycles. The average molecular weight is 544 g/mol. The zero-order chi connectivity index (χ0) is 20.8.